The molecule has 0 radical (unpaired) electrons. The number of pyridine rings is 1. The normalized spacial score (nSPS) is 11.6. The van der Waals surface area contributed by atoms with Crippen LogP contribution in [0.5, 0.6) is 0 Å². The van der Waals surface area contributed by atoms with Crippen molar-refractivity contribution < 1.29 is 13.5 Å². The molecule has 0 unspecified atom stereocenters. The second-order valence-electron chi connectivity index (χ2n) is 5.72. The van der Waals surface area contributed by atoms with Crippen LogP contribution in [0.25, 0.3) is 11.3 Å². The molecule has 0 atom stereocenters. The highest BCUT2D eigenvalue weighted by molar-refractivity contribution is 7.97. The monoisotopic (exact) mass is 391 g/mol. The number of ether oxygens (including phenoxy) is 1. The Morgan fingerprint density at radius 1 is 1.19 bits per heavy atom. The zero-order valence-electron chi connectivity index (χ0n) is 15.0. The summed E-state index contributed by atoms with van der Waals surface area (Å²) in [6.07, 6.45) is 1.36. The summed E-state index contributed by atoms with van der Waals surface area (Å²) < 4.78 is 36.2. The smallest absolute Gasteiger partial charge is 0.340 e. The van der Waals surface area contributed by atoms with E-state index in [1.807, 2.05) is 43.1 Å². The summed E-state index contributed by atoms with van der Waals surface area (Å²) >= 11 is 1.49. The minimum Gasteiger partial charge on any atom is -0.340 e. The van der Waals surface area contributed by atoms with Crippen molar-refractivity contribution in [1.29, 1.82) is 0 Å². The molecule has 2 aromatic heterocycles. The van der Waals surface area contributed by atoms with Gasteiger partial charge in [-0.3, -0.25) is 4.72 Å². The van der Waals surface area contributed by atoms with Gasteiger partial charge in [0.15, 0.2) is 0 Å². The minimum atomic E-state index is -3.36. The van der Waals surface area contributed by atoms with Gasteiger partial charge in [-0.15, -0.1) is 0 Å². The van der Waals surface area contributed by atoms with Gasteiger partial charge in [0.25, 0.3) is 0 Å². The van der Waals surface area contributed by atoms with Crippen LogP contribution in [0.1, 0.15) is 5.56 Å². The fourth-order valence-corrected chi connectivity index (χ4v) is 3.02. The summed E-state index contributed by atoms with van der Waals surface area (Å²) in [5.74, 6) is 0.442. The maximum Gasteiger partial charge on any atom is 0.384 e. The Labute approximate surface area is 160 Å². The molecule has 0 aliphatic rings. The van der Waals surface area contributed by atoms with E-state index in [0.717, 1.165) is 35.1 Å². The van der Waals surface area contributed by atoms with Gasteiger partial charge in [0.05, 0.1) is 17.6 Å². The third kappa shape index (κ3) is 4.44. The number of aryl methyl sites for hydroxylation is 1. The molecule has 0 spiro atoms. The first-order valence-electron chi connectivity index (χ1n) is 8.05. The standard InChI is InChI=1S/C18H19F2N5OS/c1-21-27-13-5-6-15(14(8-13)16-10-25(2)11-23-16)24-17-7-4-12(9-22-17)18(19,20)26-3/h4-11,21H,1-3H3,(H,22,24). The zero-order chi connectivity index (χ0) is 19.4. The molecule has 0 amide bonds. The Morgan fingerprint density at radius 2 is 2.00 bits per heavy atom. The lowest BCUT2D eigenvalue weighted by molar-refractivity contribution is -0.231. The van der Waals surface area contributed by atoms with Gasteiger partial charge in [-0.2, -0.15) is 8.78 Å². The first-order valence-corrected chi connectivity index (χ1v) is 8.87. The van der Waals surface area contributed by atoms with Gasteiger partial charge < -0.3 is 14.6 Å². The van der Waals surface area contributed by atoms with E-state index in [-0.39, 0.29) is 5.56 Å². The number of nitrogens with zero attached hydrogens (tertiary/aromatic N) is 3. The van der Waals surface area contributed by atoms with E-state index in [4.69, 9.17) is 0 Å². The number of imidazole rings is 1. The second kappa shape index (κ2) is 8.03. The van der Waals surface area contributed by atoms with Crippen molar-refractivity contribution in [2.45, 2.75) is 11.0 Å². The van der Waals surface area contributed by atoms with E-state index in [0.29, 0.717) is 5.82 Å². The summed E-state index contributed by atoms with van der Waals surface area (Å²) in [7, 11) is 4.70. The number of hydrogen-bond acceptors (Lipinski definition) is 6. The number of anilines is 2. The van der Waals surface area contributed by atoms with E-state index < -0.39 is 6.11 Å². The van der Waals surface area contributed by atoms with Crippen LogP contribution in [0.3, 0.4) is 0 Å². The second-order valence-corrected chi connectivity index (χ2v) is 6.80. The van der Waals surface area contributed by atoms with Crippen molar-refractivity contribution in [2.75, 3.05) is 19.5 Å². The van der Waals surface area contributed by atoms with Crippen molar-refractivity contribution in [3.05, 3.63) is 54.6 Å². The number of benzene rings is 1. The van der Waals surface area contributed by atoms with Crippen molar-refractivity contribution in [1.82, 2.24) is 19.3 Å². The molecule has 9 heteroatoms. The fourth-order valence-electron chi connectivity index (χ4n) is 2.47. The number of methoxy groups -OCH3 is 1. The highest BCUT2D eigenvalue weighted by Gasteiger charge is 2.31. The van der Waals surface area contributed by atoms with Crippen molar-refractivity contribution >= 4 is 23.5 Å². The van der Waals surface area contributed by atoms with Crippen molar-refractivity contribution in [2.24, 2.45) is 7.05 Å². The van der Waals surface area contributed by atoms with E-state index in [2.05, 4.69) is 24.7 Å². The molecule has 27 heavy (non-hydrogen) atoms. The molecular formula is C18H19F2N5OS. The number of alkyl halides is 2. The van der Waals surface area contributed by atoms with Crippen molar-refractivity contribution in [3.63, 3.8) is 0 Å². The van der Waals surface area contributed by atoms with E-state index in [1.165, 1.54) is 24.1 Å². The predicted octanol–water partition coefficient (Wildman–Crippen LogP) is 4.15. The molecular weight excluding hydrogens is 372 g/mol. The lowest BCUT2D eigenvalue weighted by Gasteiger charge is -2.15. The van der Waals surface area contributed by atoms with Gasteiger partial charge in [0, 0.05) is 42.7 Å². The lowest BCUT2D eigenvalue weighted by atomic mass is 10.1. The molecule has 0 fully saturated rings. The molecule has 3 aromatic rings. The zero-order valence-corrected chi connectivity index (χ0v) is 15.8. The topological polar surface area (TPSA) is 64.0 Å². The van der Waals surface area contributed by atoms with Crippen LogP contribution in [-0.2, 0) is 17.9 Å². The SMILES string of the molecule is CNSc1ccc(Nc2ccc(C(F)(F)OC)cn2)c(-c2cn(C)cn2)c1. The molecule has 0 aliphatic heterocycles. The minimum absolute atomic E-state index is 0.304. The first-order chi connectivity index (χ1) is 12.9. The Hall–Kier alpha value is -2.49. The molecule has 0 saturated heterocycles. The van der Waals surface area contributed by atoms with Crippen LogP contribution in [0.2, 0.25) is 0 Å². The predicted molar refractivity (Wildman–Crippen MR) is 102 cm³/mol. The summed E-state index contributed by atoms with van der Waals surface area (Å²) in [6.45, 7) is 0. The van der Waals surface area contributed by atoms with Crippen LogP contribution >= 0.6 is 11.9 Å². The van der Waals surface area contributed by atoms with Gasteiger partial charge in [-0.05, 0) is 49.3 Å². The third-order valence-electron chi connectivity index (χ3n) is 3.81. The van der Waals surface area contributed by atoms with Gasteiger partial charge in [0.1, 0.15) is 5.82 Å². The summed E-state index contributed by atoms with van der Waals surface area (Å²) in [6, 6.07) is 8.62. The van der Waals surface area contributed by atoms with E-state index in [1.54, 1.807) is 6.33 Å². The Kier molecular flexibility index (Phi) is 5.73. The lowest BCUT2D eigenvalue weighted by Crippen LogP contribution is -2.15. The number of aromatic nitrogens is 3. The molecule has 2 N–H and O–H groups in total. The van der Waals surface area contributed by atoms with Gasteiger partial charge in [-0.25, -0.2) is 9.97 Å². The highest BCUT2D eigenvalue weighted by atomic mass is 32.2. The molecule has 0 aliphatic carbocycles. The van der Waals surface area contributed by atoms with E-state index >= 15 is 0 Å². The molecule has 6 nitrogen and oxygen atoms in total. The summed E-state index contributed by atoms with van der Waals surface area (Å²) in [4.78, 5) is 9.50. The van der Waals surface area contributed by atoms with Crippen molar-refractivity contribution in [3.8, 4) is 11.3 Å². The van der Waals surface area contributed by atoms with Gasteiger partial charge in [0.2, 0.25) is 0 Å². The number of nitrogens with one attached hydrogen (secondary N) is 2. The highest BCUT2D eigenvalue weighted by Crippen LogP contribution is 2.33. The molecule has 2 heterocycles. The summed E-state index contributed by atoms with van der Waals surface area (Å²) in [5.41, 5.74) is 2.14. The Morgan fingerprint density at radius 3 is 2.59 bits per heavy atom. The van der Waals surface area contributed by atoms with Crippen LogP contribution in [0.15, 0.2) is 53.9 Å². The maximum absolute atomic E-state index is 13.5. The number of hydrogen-bond donors (Lipinski definition) is 2. The average Bonchev–Trinajstić information content (AvgIpc) is 3.10. The van der Waals surface area contributed by atoms with E-state index in [9.17, 15) is 8.78 Å². The Balaban J connectivity index is 1.92. The van der Waals surface area contributed by atoms with Crippen LogP contribution < -0.4 is 10.0 Å². The number of rotatable bonds is 7. The Bertz CT molecular complexity index is 914. The quantitative estimate of drug-likeness (QED) is 0.590. The molecule has 0 bridgehead atoms. The van der Waals surface area contributed by atoms with Crippen LogP contribution in [0.4, 0.5) is 20.3 Å². The molecule has 0 saturated carbocycles. The summed E-state index contributed by atoms with van der Waals surface area (Å²) in [5, 5.41) is 3.17. The third-order valence-corrected chi connectivity index (χ3v) is 4.50. The fraction of sp³-hybridized carbons (Fsp3) is 0.222. The van der Waals surface area contributed by atoms with Crippen LogP contribution in [-0.4, -0.2) is 28.7 Å². The molecule has 142 valence electrons. The first kappa shape index (κ1) is 19.3. The van der Waals surface area contributed by atoms with Gasteiger partial charge >= 0.3 is 6.11 Å². The van der Waals surface area contributed by atoms with Crippen LogP contribution in [0, 0.1) is 0 Å². The molecule has 1 aromatic carbocycles. The maximum atomic E-state index is 13.5. The molecule has 3 rings (SSSR count). The largest absolute Gasteiger partial charge is 0.384 e. The number of halogens is 2. The average molecular weight is 391 g/mol. The van der Waals surface area contributed by atoms with Gasteiger partial charge in [-0.1, -0.05) is 0 Å².